The number of carbonyl (C=O) groups excluding carboxylic acids is 1. The Bertz CT molecular complexity index is 816. The summed E-state index contributed by atoms with van der Waals surface area (Å²) in [4.78, 5) is 14.7. The van der Waals surface area contributed by atoms with Crippen molar-refractivity contribution in [2.24, 2.45) is 0 Å². The molecule has 1 aliphatic rings. The monoisotopic (exact) mass is 384 g/mol. The molecule has 2 amide bonds. The minimum atomic E-state index is -0.387. The van der Waals surface area contributed by atoms with E-state index in [0.717, 1.165) is 11.3 Å². The Balaban J connectivity index is 1.75. The second-order valence-corrected chi connectivity index (χ2v) is 6.57. The van der Waals surface area contributed by atoms with Gasteiger partial charge in [0.1, 0.15) is 0 Å². The lowest BCUT2D eigenvalue weighted by molar-refractivity contribution is 0.123. The van der Waals surface area contributed by atoms with E-state index < -0.39 is 0 Å². The van der Waals surface area contributed by atoms with Crippen molar-refractivity contribution in [1.82, 2.24) is 5.32 Å². The number of ether oxygens (including phenoxy) is 1. The molecule has 0 spiro atoms. The van der Waals surface area contributed by atoms with Gasteiger partial charge in [0.25, 0.3) is 0 Å². The third-order valence-electron chi connectivity index (χ3n) is 4.36. The maximum atomic E-state index is 12.6. The van der Waals surface area contributed by atoms with Crippen LogP contribution in [0.2, 0.25) is 5.02 Å². The van der Waals surface area contributed by atoms with E-state index in [1.54, 1.807) is 12.1 Å². The summed E-state index contributed by atoms with van der Waals surface area (Å²) in [6.07, 6.45) is 0.184. The number of benzene rings is 2. The molecule has 0 saturated carbocycles. The van der Waals surface area contributed by atoms with Crippen LogP contribution in [0.4, 0.5) is 16.2 Å². The van der Waals surface area contributed by atoms with Crippen LogP contribution in [-0.2, 0) is 4.74 Å². The van der Waals surface area contributed by atoms with Gasteiger partial charge in [-0.3, -0.25) is 0 Å². The number of hydrogen-bond acceptors (Lipinski definition) is 4. The number of anilines is 2. The fourth-order valence-corrected chi connectivity index (χ4v) is 3.36. The zero-order valence-electron chi connectivity index (χ0n) is 14.8. The van der Waals surface area contributed by atoms with Crippen LogP contribution in [0.3, 0.4) is 0 Å². The topological polar surface area (TPSA) is 77.4 Å². The minimum absolute atomic E-state index is 0.184. The normalized spacial score (nSPS) is 14.9. The third kappa shape index (κ3) is 4.91. The fourth-order valence-electron chi connectivity index (χ4n) is 3.07. The van der Waals surface area contributed by atoms with E-state index in [-0.39, 0.29) is 18.5 Å². The number of nitrogens with one attached hydrogen (secondary N) is 2. The van der Waals surface area contributed by atoms with Crippen molar-refractivity contribution in [2.75, 3.05) is 36.5 Å². The fraction of sp³-hybridized carbons (Fsp3) is 0.300. The number of halogens is 1. The summed E-state index contributed by atoms with van der Waals surface area (Å²) >= 11 is 6.40. The van der Waals surface area contributed by atoms with Gasteiger partial charge in [-0.25, -0.2) is 4.79 Å². The van der Waals surface area contributed by atoms with Gasteiger partial charge in [-0.1, -0.05) is 48.0 Å². The maximum absolute atomic E-state index is 12.6. The first-order chi connectivity index (χ1) is 13.2. The largest absolute Gasteiger partial charge is 0.378 e. The predicted molar refractivity (Wildman–Crippen MR) is 106 cm³/mol. The van der Waals surface area contributed by atoms with E-state index in [2.05, 4.69) is 21.6 Å². The number of nitriles is 1. The molecule has 140 valence electrons. The van der Waals surface area contributed by atoms with Gasteiger partial charge in [0, 0.05) is 13.1 Å². The van der Waals surface area contributed by atoms with E-state index in [4.69, 9.17) is 21.6 Å². The summed E-state index contributed by atoms with van der Waals surface area (Å²) in [6.45, 7) is 2.66. The van der Waals surface area contributed by atoms with Crippen molar-refractivity contribution in [2.45, 2.75) is 12.5 Å². The summed E-state index contributed by atoms with van der Waals surface area (Å²) in [6, 6.07) is 16.2. The van der Waals surface area contributed by atoms with Gasteiger partial charge in [-0.15, -0.1) is 0 Å². The average molecular weight is 385 g/mol. The van der Waals surface area contributed by atoms with Crippen molar-refractivity contribution in [3.8, 4) is 6.07 Å². The van der Waals surface area contributed by atoms with E-state index in [1.165, 1.54) is 0 Å². The van der Waals surface area contributed by atoms with E-state index >= 15 is 0 Å². The van der Waals surface area contributed by atoms with Crippen LogP contribution < -0.4 is 15.5 Å². The summed E-state index contributed by atoms with van der Waals surface area (Å²) in [5.74, 6) is 0. The molecule has 1 aliphatic heterocycles. The Morgan fingerprint density at radius 1 is 1.19 bits per heavy atom. The molecule has 3 rings (SSSR count). The van der Waals surface area contributed by atoms with E-state index in [9.17, 15) is 4.79 Å². The molecule has 2 aromatic rings. The van der Waals surface area contributed by atoms with Gasteiger partial charge in [0.05, 0.1) is 48.1 Å². The molecule has 1 heterocycles. The summed E-state index contributed by atoms with van der Waals surface area (Å²) in [7, 11) is 0. The molecule has 7 heteroatoms. The van der Waals surface area contributed by atoms with Crippen LogP contribution in [0.5, 0.6) is 0 Å². The van der Waals surface area contributed by atoms with Crippen LogP contribution in [0.1, 0.15) is 18.0 Å². The average Bonchev–Trinajstić information content (AvgIpc) is 2.69. The molecule has 0 aromatic heterocycles. The molecule has 2 N–H and O–H groups in total. The van der Waals surface area contributed by atoms with Crippen molar-refractivity contribution in [3.63, 3.8) is 0 Å². The molecule has 0 radical (unpaired) electrons. The Morgan fingerprint density at radius 3 is 2.63 bits per heavy atom. The van der Waals surface area contributed by atoms with Crippen molar-refractivity contribution in [1.29, 1.82) is 5.26 Å². The van der Waals surface area contributed by atoms with Crippen molar-refractivity contribution < 1.29 is 9.53 Å². The zero-order chi connectivity index (χ0) is 19.1. The first kappa shape index (κ1) is 19.0. The first-order valence-corrected chi connectivity index (χ1v) is 9.17. The first-order valence-electron chi connectivity index (χ1n) is 8.79. The van der Waals surface area contributed by atoms with Gasteiger partial charge in [-0.2, -0.15) is 5.26 Å². The van der Waals surface area contributed by atoms with Crippen LogP contribution >= 0.6 is 11.6 Å². The molecule has 2 aromatic carbocycles. The quantitative estimate of drug-likeness (QED) is 0.818. The van der Waals surface area contributed by atoms with Crippen LogP contribution in [0.15, 0.2) is 48.5 Å². The van der Waals surface area contributed by atoms with E-state index in [0.29, 0.717) is 37.0 Å². The highest BCUT2D eigenvalue weighted by Gasteiger charge is 2.20. The Hall–Kier alpha value is -2.75. The number of carbonyl (C=O) groups is 1. The summed E-state index contributed by atoms with van der Waals surface area (Å²) in [5.41, 5.74) is 2.30. The lowest BCUT2D eigenvalue weighted by Crippen LogP contribution is -2.38. The SMILES string of the molecule is N#CCC(NC(=O)Nc1cccc(Cl)c1N1CCOCC1)c1ccccc1. The van der Waals surface area contributed by atoms with Crippen LogP contribution in [-0.4, -0.2) is 32.3 Å². The Kier molecular flexibility index (Phi) is 6.53. The zero-order valence-corrected chi connectivity index (χ0v) is 15.6. The Labute approximate surface area is 163 Å². The predicted octanol–water partition coefficient (Wildman–Crippen LogP) is 3.95. The van der Waals surface area contributed by atoms with Gasteiger partial charge in [-0.05, 0) is 17.7 Å². The van der Waals surface area contributed by atoms with Gasteiger partial charge in [0.2, 0.25) is 0 Å². The number of morpholine rings is 1. The molecule has 1 saturated heterocycles. The smallest absolute Gasteiger partial charge is 0.319 e. The molecule has 1 unspecified atom stereocenters. The number of nitrogens with zero attached hydrogens (tertiary/aromatic N) is 2. The molecule has 0 bridgehead atoms. The van der Waals surface area contributed by atoms with Crippen molar-refractivity contribution >= 4 is 29.0 Å². The molecule has 6 nitrogen and oxygen atoms in total. The van der Waals surface area contributed by atoms with Crippen molar-refractivity contribution in [3.05, 3.63) is 59.1 Å². The summed E-state index contributed by atoms with van der Waals surface area (Å²) < 4.78 is 5.40. The summed E-state index contributed by atoms with van der Waals surface area (Å²) in [5, 5.41) is 15.4. The van der Waals surface area contributed by atoms with Crippen LogP contribution in [0.25, 0.3) is 0 Å². The van der Waals surface area contributed by atoms with Gasteiger partial charge >= 0.3 is 6.03 Å². The third-order valence-corrected chi connectivity index (χ3v) is 4.67. The lowest BCUT2D eigenvalue weighted by atomic mass is 10.0. The molecule has 0 aliphatic carbocycles. The Morgan fingerprint density at radius 2 is 1.93 bits per heavy atom. The number of urea groups is 1. The maximum Gasteiger partial charge on any atom is 0.319 e. The molecular weight excluding hydrogens is 364 g/mol. The lowest BCUT2D eigenvalue weighted by Gasteiger charge is -2.31. The number of para-hydroxylation sites is 1. The highest BCUT2D eigenvalue weighted by Crippen LogP contribution is 2.34. The van der Waals surface area contributed by atoms with Gasteiger partial charge in [0.15, 0.2) is 0 Å². The molecule has 27 heavy (non-hydrogen) atoms. The second-order valence-electron chi connectivity index (χ2n) is 6.16. The highest BCUT2D eigenvalue weighted by molar-refractivity contribution is 6.34. The molecule has 1 atom stereocenters. The van der Waals surface area contributed by atoms with Gasteiger partial charge < -0.3 is 20.3 Å². The number of hydrogen-bond donors (Lipinski definition) is 2. The highest BCUT2D eigenvalue weighted by atomic mass is 35.5. The second kappa shape index (κ2) is 9.26. The number of rotatable bonds is 5. The van der Waals surface area contributed by atoms with Crippen LogP contribution in [0, 0.1) is 11.3 Å². The number of amides is 2. The molecule has 1 fully saturated rings. The van der Waals surface area contributed by atoms with E-state index in [1.807, 2.05) is 36.4 Å². The minimum Gasteiger partial charge on any atom is -0.378 e. The molecular formula is C20H21ClN4O2. The standard InChI is InChI=1S/C20H21ClN4O2/c21-16-7-4-8-18(19(16)25-11-13-27-14-12-25)24-20(26)23-17(9-10-22)15-5-2-1-3-6-15/h1-8,17H,9,11-14H2,(H2,23,24,26).